The maximum Gasteiger partial charge on any atom is 0.332 e. The Morgan fingerprint density at radius 1 is 1.00 bits per heavy atom. The lowest BCUT2D eigenvalue weighted by Gasteiger charge is -2.26. The van der Waals surface area contributed by atoms with E-state index >= 15 is 0 Å². The van der Waals surface area contributed by atoms with Gasteiger partial charge in [0.2, 0.25) is 11.8 Å². The van der Waals surface area contributed by atoms with Crippen molar-refractivity contribution in [1.29, 1.82) is 0 Å². The summed E-state index contributed by atoms with van der Waals surface area (Å²) in [7, 11) is 2.71. The Morgan fingerprint density at radius 3 is 1.67 bits per heavy atom. The van der Waals surface area contributed by atoms with E-state index in [2.05, 4.69) is 0 Å². The first-order valence-corrected chi connectivity index (χ1v) is 3.11. The van der Waals surface area contributed by atoms with Gasteiger partial charge in [-0.15, -0.1) is 12.4 Å². The zero-order valence-electron chi connectivity index (χ0n) is 6.73. The van der Waals surface area contributed by atoms with Gasteiger partial charge in [-0.3, -0.25) is 19.4 Å². The second-order valence-corrected chi connectivity index (χ2v) is 2.36. The van der Waals surface area contributed by atoms with Gasteiger partial charge in [0.25, 0.3) is 0 Å². The number of rotatable bonds is 0. The molecule has 0 bridgehead atoms. The summed E-state index contributed by atoms with van der Waals surface area (Å²) in [6, 6.07) is -0.564. The minimum absolute atomic E-state index is 0. The van der Waals surface area contributed by atoms with Crippen molar-refractivity contribution in [2.45, 2.75) is 6.42 Å². The predicted molar refractivity (Wildman–Crippen MR) is 42.8 cm³/mol. The van der Waals surface area contributed by atoms with Crippen LogP contribution < -0.4 is 0 Å². The van der Waals surface area contributed by atoms with Gasteiger partial charge in [-0.2, -0.15) is 0 Å². The van der Waals surface area contributed by atoms with Crippen molar-refractivity contribution < 1.29 is 14.4 Å². The van der Waals surface area contributed by atoms with Crippen LogP contribution in [0.5, 0.6) is 0 Å². The molecule has 4 amide bonds. The summed E-state index contributed by atoms with van der Waals surface area (Å²) in [5, 5.41) is 0. The normalized spacial score (nSPS) is 18.0. The molecule has 1 heterocycles. The van der Waals surface area contributed by atoms with Crippen molar-refractivity contribution >= 4 is 30.3 Å². The molecular weight excluding hydrogens is 184 g/mol. The summed E-state index contributed by atoms with van der Waals surface area (Å²) in [5.74, 6) is -0.892. The van der Waals surface area contributed by atoms with Crippen LogP contribution in [0.4, 0.5) is 4.79 Å². The standard InChI is InChI=1S/C6H8N2O3.ClH/c1-7-4(9)3-5(10)8(2)6(7)11;/h3H2,1-2H3;1H. The third kappa shape index (κ3) is 1.55. The molecule has 1 aliphatic rings. The molecule has 0 atom stereocenters. The molecule has 0 radical (unpaired) electrons. The van der Waals surface area contributed by atoms with Gasteiger partial charge in [-0.1, -0.05) is 0 Å². The molecule has 5 nitrogen and oxygen atoms in total. The van der Waals surface area contributed by atoms with E-state index in [1.54, 1.807) is 0 Å². The number of amides is 4. The minimum atomic E-state index is -0.564. The van der Waals surface area contributed by atoms with Gasteiger partial charge in [0.15, 0.2) is 0 Å². The number of halogens is 1. The summed E-state index contributed by atoms with van der Waals surface area (Å²) < 4.78 is 0. The van der Waals surface area contributed by atoms with E-state index < -0.39 is 17.8 Å². The molecule has 6 heteroatoms. The molecule has 1 fully saturated rings. The van der Waals surface area contributed by atoms with Crippen LogP contribution >= 0.6 is 12.4 Å². The Morgan fingerprint density at radius 2 is 1.33 bits per heavy atom. The summed E-state index contributed by atoms with van der Waals surface area (Å²) in [5.41, 5.74) is 0. The molecule has 0 aromatic carbocycles. The molecule has 0 N–H and O–H groups in total. The van der Waals surface area contributed by atoms with Crippen molar-refractivity contribution in [2.75, 3.05) is 14.1 Å². The van der Waals surface area contributed by atoms with Crippen LogP contribution in [0.15, 0.2) is 0 Å². The second kappa shape index (κ2) is 3.53. The Kier molecular flexibility index (Phi) is 3.21. The molecule has 0 aliphatic carbocycles. The number of carbonyl (C=O) groups is 3. The fourth-order valence-electron chi connectivity index (χ4n) is 0.805. The summed E-state index contributed by atoms with van der Waals surface area (Å²) in [6.07, 6.45) is -0.210. The number of nitrogens with zero attached hydrogens (tertiary/aromatic N) is 2. The van der Waals surface area contributed by atoms with E-state index in [9.17, 15) is 14.4 Å². The second-order valence-electron chi connectivity index (χ2n) is 2.36. The highest BCUT2D eigenvalue weighted by Crippen LogP contribution is 2.06. The number of imide groups is 2. The van der Waals surface area contributed by atoms with Gasteiger partial charge in [-0.25, -0.2) is 4.79 Å². The van der Waals surface area contributed by atoms with Crippen LogP contribution in [0.1, 0.15) is 6.42 Å². The molecule has 1 saturated heterocycles. The van der Waals surface area contributed by atoms with E-state index in [-0.39, 0.29) is 18.8 Å². The lowest BCUT2D eigenvalue weighted by Crippen LogP contribution is -2.51. The largest absolute Gasteiger partial charge is 0.332 e. The first-order chi connectivity index (χ1) is 5.04. The summed E-state index contributed by atoms with van der Waals surface area (Å²) >= 11 is 0. The van der Waals surface area contributed by atoms with E-state index in [1.807, 2.05) is 0 Å². The number of hydrogen-bond donors (Lipinski definition) is 0. The third-order valence-corrected chi connectivity index (χ3v) is 1.62. The van der Waals surface area contributed by atoms with E-state index in [0.717, 1.165) is 9.80 Å². The van der Waals surface area contributed by atoms with Gasteiger partial charge >= 0.3 is 6.03 Å². The van der Waals surface area contributed by atoms with Crippen LogP contribution in [-0.2, 0) is 9.59 Å². The van der Waals surface area contributed by atoms with Crippen LogP contribution in [0.25, 0.3) is 0 Å². The number of hydrogen-bond acceptors (Lipinski definition) is 3. The monoisotopic (exact) mass is 192 g/mol. The molecule has 0 aromatic heterocycles. The fraction of sp³-hybridized carbons (Fsp3) is 0.500. The van der Waals surface area contributed by atoms with Gasteiger partial charge in [0.1, 0.15) is 6.42 Å². The minimum Gasteiger partial charge on any atom is -0.274 e. The lowest BCUT2D eigenvalue weighted by atomic mass is 10.3. The molecule has 0 spiro atoms. The number of carbonyl (C=O) groups excluding carboxylic acids is 3. The van der Waals surface area contributed by atoms with Crippen LogP contribution in [0.3, 0.4) is 0 Å². The molecule has 0 aromatic rings. The molecule has 1 aliphatic heterocycles. The average molecular weight is 193 g/mol. The Bertz CT molecular complexity index is 219. The van der Waals surface area contributed by atoms with Gasteiger partial charge in [-0.05, 0) is 0 Å². The number of urea groups is 1. The van der Waals surface area contributed by atoms with Crippen molar-refractivity contribution in [1.82, 2.24) is 9.80 Å². The Balaban J connectivity index is 0.00000121. The molecule has 12 heavy (non-hydrogen) atoms. The van der Waals surface area contributed by atoms with Crippen molar-refractivity contribution in [2.24, 2.45) is 0 Å². The molecule has 68 valence electrons. The van der Waals surface area contributed by atoms with Crippen molar-refractivity contribution in [3.63, 3.8) is 0 Å². The van der Waals surface area contributed by atoms with E-state index in [1.165, 1.54) is 14.1 Å². The van der Waals surface area contributed by atoms with Crippen LogP contribution in [0, 0.1) is 0 Å². The van der Waals surface area contributed by atoms with Crippen LogP contribution in [0.2, 0.25) is 0 Å². The predicted octanol–water partition coefficient (Wildman–Crippen LogP) is -0.151. The van der Waals surface area contributed by atoms with Gasteiger partial charge in [0, 0.05) is 14.1 Å². The fourth-order valence-corrected chi connectivity index (χ4v) is 0.805. The quantitative estimate of drug-likeness (QED) is 0.502. The zero-order valence-corrected chi connectivity index (χ0v) is 7.55. The Labute approximate surface area is 75.7 Å². The summed E-state index contributed by atoms with van der Waals surface area (Å²) in [6.45, 7) is 0. The molecule has 0 saturated carbocycles. The van der Waals surface area contributed by atoms with Gasteiger partial charge < -0.3 is 0 Å². The summed E-state index contributed by atoms with van der Waals surface area (Å²) in [4.78, 5) is 34.5. The topological polar surface area (TPSA) is 57.7 Å². The molecule has 1 rings (SSSR count). The highest BCUT2D eigenvalue weighted by Gasteiger charge is 2.32. The van der Waals surface area contributed by atoms with Crippen LogP contribution in [-0.4, -0.2) is 41.7 Å². The molecular formula is C6H9ClN2O3. The highest BCUT2D eigenvalue weighted by atomic mass is 35.5. The SMILES string of the molecule is CN1C(=O)CC(=O)N(C)C1=O.Cl. The van der Waals surface area contributed by atoms with Crippen molar-refractivity contribution in [3.8, 4) is 0 Å². The first kappa shape index (κ1) is 10.9. The third-order valence-electron chi connectivity index (χ3n) is 1.62. The van der Waals surface area contributed by atoms with Gasteiger partial charge in [0.05, 0.1) is 0 Å². The lowest BCUT2D eigenvalue weighted by molar-refractivity contribution is -0.140. The van der Waals surface area contributed by atoms with E-state index in [4.69, 9.17) is 0 Å². The van der Waals surface area contributed by atoms with E-state index in [0.29, 0.717) is 0 Å². The first-order valence-electron chi connectivity index (χ1n) is 3.11. The highest BCUT2D eigenvalue weighted by molar-refractivity contribution is 6.13. The maximum atomic E-state index is 11.0. The average Bonchev–Trinajstić information content (AvgIpc) is 1.97. The maximum absolute atomic E-state index is 11.0. The molecule has 0 unspecified atom stereocenters. The zero-order chi connectivity index (χ0) is 8.59. The van der Waals surface area contributed by atoms with Crippen molar-refractivity contribution in [3.05, 3.63) is 0 Å². The number of barbiturate groups is 1. The smallest absolute Gasteiger partial charge is 0.274 e. The Hall–Kier alpha value is -1.10.